The van der Waals surface area contributed by atoms with Gasteiger partial charge >= 0.3 is 6.01 Å². The number of hydrogen-bond acceptors (Lipinski definition) is 9. The molecule has 3 aliphatic rings. The van der Waals surface area contributed by atoms with Crippen LogP contribution in [0.3, 0.4) is 0 Å². The number of aryl methyl sites for hydroxylation is 1. The molecule has 0 saturated carbocycles. The van der Waals surface area contributed by atoms with Crippen LogP contribution < -0.4 is 25.8 Å². The van der Waals surface area contributed by atoms with E-state index in [0.29, 0.717) is 44.6 Å². The lowest BCUT2D eigenvalue weighted by Crippen LogP contribution is -2.59. The van der Waals surface area contributed by atoms with Gasteiger partial charge in [-0.25, -0.2) is 22.5 Å². The monoisotopic (exact) mass is 561 g/mol. The van der Waals surface area contributed by atoms with Crippen molar-refractivity contribution in [2.24, 2.45) is 0 Å². The molecule has 9 nitrogen and oxygen atoms in total. The van der Waals surface area contributed by atoms with Gasteiger partial charge in [0.15, 0.2) is 11.6 Å². The van der Waals surface area contributed by atoms with Crippen molar-refractivity contribution in [2.75, 3.05) is 50.4 Å². The van der Waals surface area contributed by atoms with E-state index in [4.69, 9.17) is 15.2 Å². The second-order valence-electron chi connectivity index (χ2n) is 11.0. The van der Waals surface area contributed by atoms with E-state index in [2.05, 4.69) is 25.6 Å². The molecule has 40 heavy (non-hydrogen) atoms. The molecule has 0 radical (unpaired) electrons. The zero-order valence-corrected chi connectivity index (χ0v) is 22.3. The molecule has 0 spiro atoms. The van der Waals surface area contributed by atoms with Gasteiger partial charge in [0.1, 0.15) is 29.0 Å². The number of ether oxygens (including phenoxy) is 2. The normalized spacial score (nSPS) is 24.4. The maximum atomic E-state index is 16.3. The number of nitrogens with one attached hydrogen (secondary N) is 2. The van der Waals surface area contributed by atoms with Crippen LogP contribution in [-0.4, -0.2) is 76.7 Å². The van der Waals surface area contributed by atoms with Crippen molar-refractivity contribution in [1.29, 1.82) is 0 Å². The van der Waals surface area contributed by atoms with Crippen molar-refractivity contribution in [3.8, 4) is 23.1 Å². The Balaban J connectivity index is 1.48. The lowest BCUT2D eigenvalue weighted by atomic mass is 9.85. The molecule has 1 aromatic carbocycles. The topological polar surface area (TPSA) is 110 Å². The fraction of sp³-hybridized carbons (Fsp3) is 0.519. The van der Waals surface area contributed by atoms with Gasteiger partial charge in [-0.3, -0.25) is 4.90 Å². The number of nitrogens with zero attached hydrogens (tertiary/aromatic N) is 4. The highest BCUT2D eigenvalue weighted by Crippen LogP contribution is 2.47. The summed E-state index contributed by atoms with van der Waals surface area (Å²) in [5, 5.41) is 6.64. The molecule has 13 heteroatoms. The van der Waals surface area contributed by atoms with Gasteiger partial charge in [0.05, 0.1) is 23.9 Å². The molecule has 5 heterocycles. The van der Waals surface area contributed by atoms with Gasteiger partial charge in [-0.1, -0.05) is 0 Å². The van der Waals surface area contributed by atoms with E-state index >= 15 is 8.78 Å². The molecule has 4 N–H and O–H groups in total. The number of anilines is 2. The number of aromatic nitrogens is 3. The van der Waals surface area contributed by atoms with E-state index in [-0.39, 0.29) is 71.2 Å². The summed E-state index contributed by atoms with van der Waals surface area (Å²) < 4.78 is 71.8. The number of fused-ring (bicyclic) bond motifs is 1. The van der Waals surface area contributed by atoms with Crippen LogP contribution in [0, 0.1) is 18.6 Å². The minimum absolute atomic E-state index is 0.0357. The lowest BCUT2D eigenvalue weighted by molar-refractivity contribution is -0.0132. The van der Waals surface area contributed by atoms with Gasteiger partial charge in [-0.05, 0) is 50.9 Å². The molecule has 2 fully saturated rings. The molecule has 214 valence electrons. The number of hydrogen-bond donors (Lipinski definition) is 3. The Morgan fingerprint density at radius 2 is 1.98 bits per heavy atom. The van der Waals surface area contributed by atoms with Gasteiger partial charge < -0.3 is 25.8 Å². The Hall–Kier alpha value is -3.45. The molecule has 2 saturated heterocycles. The molecule has 0 aliphatic carbocycles. The smallest absolute Gasteiger partial charge is 0.319 e. The van der Waals surface area contributed by atoms with Gasteiger partial charge in [0.2, 0.25) is 5.88 Å². The Bertz CT molecular complexity index is 1470. The minimum atomic E-state index is -2.80. The SMILES string of the molecule is Cc1cc(N)c(F)c(-c2nc3c4c(nc(OCC56CCN5CC(F)(F)C6)nc4c2F)NCCNCC[C@H](C)O3)c1. The summed E-state index contributed by atoms with van der Waals surface area (Å²) >= 11 is 0. The van der Waals surface area contributed by atoms with Gasteiger partial charge in [-0.2, -0.15) is 9.97 Å². The molecule has 3 aliphatic heterocycles. The molecular formula is C27H31F4N7O2. The van der Waals surface area contributed by atoms with E-state index in [1.54, 1.807) is 11.8 Å². The maximum Gasteiger partial charge on any atom is 0.319 e. The number of halogens is 4. The number of pyridine rings is 1. The summed E-state index contributed by atoms with van der Waals surface area (Å²) in [7, 11) is 0. The summed E-state index contributed by atoms with van der Waals surface area (Å²) in [5.41, 5.74) is 4.87. The molecule has 1 unspecified atom stereocenters. The van der Waals surface area contributed by atoms with Crippen molar-refractivity contribution in [2.45, 2.75) is 50.7 Å². The first-order valence-electron chi connectivity index (χ1n) is 13.4. The first-order chi connectivity index (χ1) is 19.1. The third-order valence-electron chi connectivity index (χ3n) is 7.86. The number of nitrogens with two attached hydrogens (primary N) is 1. The zero-order chi connectivity index (χ0) is 28.2. The molecule has 0 bridgehead atoms. The van der Waals surface area contributed by atoms with Crippen LogP contribution in [0.1, 0.15) is 31.7 Å². The third kappa shape index (κ3) is 4.74. The highest BCUT2D eigenvalue weighted by atomic mass is 19.3. The largest absolute Gasteiger partial charge is 0.474 e. The molecule has 3 aromatic rings. The standard InChI is InChI=1S/C27H31F4N7O2/c1-14-9-16(19(28)17(32)10-14)21-20(29)22-18-23(34-7-6-33-5-3-15(2)40-24(18)35-21)37-25(36-22)39-13-26-4-8-38(26)12-27(30,31)11-26/h9-10,15,33H,3-8,11-13,32H2,1-2H3,(H,34,36,37)/t15-,26?/m0/s1. The van der Waals surface area contributed by atoms with Crippen LogP contribution in [0.5, 0.6) is 11.9 Å². The zero-order valence-electron chi connectivity index (χ0n) is 22.3. The molecule has 2 atom stereocenters. The molecule has 2 aromatic heterocycles. The summed E-state index contributed by atoms with van der Waals surface area (Å²) in [6, 6.07) is 2.72. The van der Waals surface area contributed by atoms with Crippen molar-refractivity contribution in [3.05, 3.63) is 29.3 Å². The lowest BCUT2D eigenvalue weighted by Gasteiger charge is -2.46. The number of benzene rings is 1. The fourth-order valence-corrected chi connectivity index (χ4v) is 5.76. The molecule has 6 rings (SSSR count). The second kappa shape index (κ2) is 9.88. The predicted molar refractivity (Wildman–Crippen MR) is 142 cm³/mol. The summed E-state index contributed by atoms with van der Waals surface area (Å²) in [6.07, 6.45) is 0.557. The first-order valence-corrected chi connectivity index (χ1v) is 13.4. The summed E-state index contributed by atoms with van der Waals surface area (Å²) in [4.78, 5) is 14.9. The number of alkyl halides is 2. The predicted octanol–water partition coefficient (Wildman–Crippen LogP) is 3.90. The van der Waals surface area contributed by atoms with Crippen LogP contribution in [0.15, 0.2) is 12.1 Å². The van der Waals surface area contributed by atoms with Crippen LogP contribution in [0.2, 0.25) is 0 Å². The number of nitrogen functional groups attached to an aromatic ring is 1. The summed E-state index contributed by atoms with van der Waals surface area (Å²) in [6.45, 7) is 5.45. The maximum absolute atomic E-state index is 16.3. The Morgan fingerprint density at radius 1 is 1.15 bits per heavy atom. The van der Waals surface area contributed by atoms with Crippen LogP contribution in [0.25, 0.3) is 22.2 Å². The van der Waals surface area contributed by atoms with Crippen LogP contribution in [-0.2, 0) is 0 Å². The van der Waals surface area contributed by atoms with Gasteiger partial charge in [0, 0.05) is 31.6 Å². The average Bonchev–Trinajstić information content (AvgIpc) is 3.05. The van der Waals surface area contributed by atoms with Crippen molar-refractivity contribution in [3.63, 3.8) is 0 Å². The summed E-state index contributed by atoms with van der Waals surface area (Å²) in [5.74, 6) is -4.27. The third-order valence-corrected chi connectivity index (χ3v) is 7.86. The number of rotatable bonds is 4. The van der Waals surface area contributed by atoms with Crippen LogP contribution >= 0.6 is 0 Å². The Kier molecular flexibility index (Phi) is 6.61. The highest BCUT2D eigenvalue weighted by Gasteiger charge is 2.60. The van der Waals surface area contributed by atoms with E-state index in [0.717, 1.165) is 0 Å². The second-order valence-corrected chi connectivity index (χ2v) is 11.0. The Morgan fingerprint density at radius 3 is 2.73 bits per heavy atom. The van der Waals surface area contributed by atoms with E-state index in [9.17, 15) is 8.78 Å². The van der Waals surface area contributed by atoms with Crippen molar-refractivity contribution < 1.29 is 27.0 Å². The average molecular weight is 562 g/mol. The first kappa shape index (κ1) is 26.8. The van der Waals surface area contributed by atoms with E-state index in [1.165, 1.54) is 12.1 Å². The van der Waals surface area contributed by atoms with Gasteiger partial charge in [0.25, 0.3) is 5.92 Å². The van der Waals surface area contributed by atoms with Gasteiger partial charge in [-0.15, -0.1) is 0 Å². The van der Waals surface area contributed by atoms with Crippen molar-refractivity contribution >= 4 is 22.4 Å². The van der Waals surface area contributed by atoms with Crippen LogP contribution in [0.4, 0.5) is 29.1 Å². The Labute approximate surface area is 228 Å². The highest BCUT2D eigenvalue weighted by molar-refractivity contribution is 5.96. The molecule has 0 amide bonds. The van der Waals surface area contributed by atoms with E-state index < -0.39 is 23.1 Å². The fourth-order valence-electron chi connectivity index (χ4n) is 5.76. The van der Waals surface area contributed by atoms with E-state index in [1.807, 2.05) is 6.92 Å². The molecular weight excluding hydrogens is 530 g/mol. The van der Waals surface area contributed by atoms with Crippen molar-refractivity contribution in [1.82, 2.24) is 25.2 Å². The quantitative estimate of drug-likeness (QED) is 0.323. The minimum Gasteiger partial charge on any atom is -0.474 e.